The third kappa shape index (κ3) is 2.93. The van der Waals surface area contributed by atoms with Crippen LogP contribution >= 0.6 is 0 Å². The summed E-state index contributed by atoms with van der Waals surface area (Å²) in [6, 6.07) is 1.66. The molecule has 0 amide bonds. The molecule has 0 spiro atoms. The number of hydrogen-bond acceptors (Lipinski definition) is 3. The lowest BCUT2D eigenvalue weighted by Gasteiger charge is -2.31. The Morgan fingerprint density at radius 1 is 1.50 bits per heavy atom. The van der Waals surface area contributed by atoms with E-state index in [9.17, 15) is 4.79 Å². The van der Waals surface area contributed by atoms with E-state index in [-0.39, 0.29) is 5.76 Å². The van der Waals surface area contributed by atoms with Gasteiger partial charge in [0.1, 0.15) is 5.76 Å². The fraction of sp³-hybridized carbons (Fsp3) is 0.643. The molecule has 100 valence electrons. The summed E-state index contributed by atoms with van der Waals surface area (Å²) in [5.74, 6) is 0.645. The molecule has 1 saturated heterocycles. The first-order valence-electron chi connectivity index (χ1n) is 6.65. The van der Waals surface area contributed by atoms with E-state index in [1.54, 1.807) is 6.07 Å². The first-order valence-corrected chi connectivity index (χ1v) is 6.65. The van der Waals surface area contributed by atoms with Crippen molar-refractivity contribution in [3.05, 3.63) is 23.2 Å². The van der Waals surface area contributed by atoms with Gasteiger partial charge in [-0.3, -0.25) is 4.90 Å². The third-order valence-corrected chi connectivity index (χ3v) is 3.91. The summed E-state index contributed by atoms with van der Waals surface area (Å²) in [5.41, 5.74) is 1.00. The highest BCUT2D eigenvalue weighted by molar-refractivity contribution is 5.84. The van der Waals surface area contributed by atoms with Gasteiger partial charge in [-0.25, -0.2) is 4.79 Å². The molecule has 1 aliphatic rings. The monoisotopic (exact) mass is 251 g/mol. The summed E-state index contributed by atoms with van der Waals surface area (Å²) in [6.07, 6.45) is 3.76. The van der Waals surface area contributed by atoms with Crippen LogP contribution in [0.4, 0.5) is 0 Å². The lowest BCUT2D eigenvalue weighted by Crippen LogP contribution is -2.33. The molecule has 0 aliphatic carbocycles. The van der Waals surface area contributed by atoms with Crippen LogP contribution in [0.2, 0.25) is 0 Å². The topological polar surface area (TPSA) is 53.7 Å². The molecule has 2 rings (SSSR count). The third-order valence-electron chi connectivity index (χ3n) is 3.91. The summed E-state index contributed by atoms with van der Waals surface area (Å²) in [6.45, 7) is 7.09. The number of hydrogen-bond donors (Lipinski definition) is 1. The van der Waals surface area contributed by atoms with E-state index in [1.165, 1.54) is 19.3 Å². The molecule has 0 bridgehead atoms. The number of carbonyl (C=O) groups is 1. The number of carboxylic acid groups (broad SMARTS) is 1. The number of likely N-dealkylation sites (tertiary alicyclic amines) is 1. The minimum atomic E-state index is -0.992. The van der Waals surface area contributed by atoms with Crippen LogP contribution in [-0.2, 0) is 6.54 Å². The van der Waals surface area contributed by atoms with E-state index in [2.05, 4.69) is 11.8 Å². The Kier molecular flexibility index (Phi) is 4.07. The van der Waals surface area contributed by atoms with Gasteiger partial charge in [-0.15, -0.1) is 0 Å². The van der Waals surface area contributed by atoms with Crippen LogP contribution in [0.1, 0.15) is 48.1 Å². The second kappa shape index (κ2) is 5.57. The first kappa shape index (κ1) is 13.1. The average Bonchev–Trinajstić information content (AvgIpc) is 2.72. The van der Waals surface area contributed by atoms with Crippen molar-refractivity contribution in [2.75, 3.05) is 13.1 Å². The minimum absolute atomic E-state index is 0.0472. The molecule has 0 atom stereocenters. The normalized spacial score (nSPS) is 18.1. The van der Waals surface area contributed by atoms with Gasteiger partial charge in [0.25, 0.3) is 0 Å². The molecule has 4 heteroatoms. The number of piperidine rings is 1. The van der Waals surface area contributed by atoms with Crippen LogP contribution in [0.5, 0.6) is 0 Å². The van der Waals surface area contributed by atoms with Gasteiger partial charge in [-0.1, -0.05) is 13.3 Å². The Balaban J connectivity index is 1.96. The van der Waals surface area contributed by atoms with Crippen molar-refractivity contribution < 1.29 is 14.3 Å². The number of carboxylic acids is 1. The van der Waals surface area contributed by atoms with E-state index in [1.807, 2.05) is 6.92 Å². The van der Waals surface area contributed by atoms with Crippen LogP contribution in [-0.4, -0.2) is 29.1 Å². The van der Waals surface area contributed by atoms with Gasteiger partial charge in [0, 0.05) is 12.1 Å². The van der Waals surface area contributed by atoms with E-state index < -0.39 is 5.97 Å². The van der Waals surface area contributed by atoms with Crippen LogP contribution < -0.4 is 0 Å². The highest BCUT2D eigenvalue weighted by Crippen LogP contribution is 2.23. The summed E-state index contributed by atoms with van der Waals surface area (Å²) >= 11 is 0. The molecule has 0 unspecified atom stereocenters. The molecular formula is C14H21NO3. The van der Waals surface area contributed by atoms with Gasteiger partial charge in [0.05, 0.1) is 0 Å². The van der Waals surface area contributed by atoms with Gasteiger partial charge >= 0.3 is 5.97 Å². The average molecular weight is 251 g/mol. The molecule has 0 saturated carbocycles. The van der Waals surface area contributed by atoms with Gasteiger partial charge < -0.3 is 9.52 Å². The Labute approximate surface area is 108 Å². The maximum absolute atomic E-state index is 10.8. The van der Waals surface area contributed by atoms with Gasteiger partial charge in [-0.05, 0) is 44.8 Å². The number of rotatable bonds is 4. The fourth-order valence-electron chi connectivity index (χ4n) is 2.58. The number of nitrogens with zero attached hydrogens (tertiary/aromatic N) is 1. The molecule has 1 aromatic heterocycles. The zero-order valence-electron chi connectivity index (χ0n) is 11.1. The Morgan fingerprint density at radius 2 is 2.17 bits per heavy atom. The zero-order chi connectivity index (χ0) is 13.1. The molecule has 1 N–H and O–H groups in total. The number of furan rings is 1. The molecule has 1 aliphatic heterocycles. The lowest BCUT2D eigenvalue weighted by molar-refractivity contribution is 0.0661. The van der Waals surface area contributed by atoms with Crippen molar-refractivity contribution >= 4 is 5.97 Å². The van der Waals surface area contributed by atoms with E-state index in [0.717, 1.165) is 36.9 Å². The predicted octanol–water partition coefficient (Wildman–Crippen LogP) is 2.91. The summed E-state index contributed by atoms with van der Waals surface area (Å²) in [5, 5.41) is 8.89. The van der Waals surface area contributed by atoms with Crippen molar-refractivity contribution in [1.82, 2.24) is 4.90 Å². The van der Waals surface area contributed by atoms with Crippen LogP contribution in [0.3, 0.4) is 0 Å². The molecule has 4 nitrogen and oxygen atoms in total. The Morgan fingerprint density at radius 3 is 2.67 bits per heavy atom. The van der Waals surface area contributed by atoms with E-state index >= 15 is 0 Å². The van der Waals surface area contributed by atoms with Crippen molar-refractivity contribution in [3.63, 3.8) is 0 Å². The fourth-order valence-corrected chi connectivity index (χ4v) is 2.58. The van der Waals surface area contributed by atoms with Gasteiger partial charge in [-0.2, -0.15) is 0 Å². The zero-order valence-corrected chi connectivity index (χ0v) is 11.1. The van der Waals surface area contributed by atoms with Crippen molar-refractivity contribution in [2.24, 2.45) is 5.92 Å². The highest BCUT2D eigenvalue weighted by Gasteiger charge is 2.20. The highest BCUT2D eigenvalue weighted by atomic mass is 16.4. The molecule has 18 heavy (non-hydrogen) atoms. The van der Waals surface area contributed by atoms with E-state index in [4.69, 9.17) is 9.52 Å². The van der Waals surface area contributed by atoms with Crippen LogP contribution in [0.15, 0.2) is 10.5 Å². The van der Waals surface area contributed by atoms with Crippen molar-refractivity contribution in [1.29, 1.82) is 0 Å². The molecular weight excluding hydrogens is 230 g/mol. The summed E-state index contributed by atoms with van der Waals surface area (Å²) in [4.78, 5) is 13.2. The molecule has 1 fully saturated rings. The largest absolute Gasteiger partial charge is 0.475 e. The molecule has 1 aromatic rings. The quantitative estimate of drug-likeness (QED) is 0.894. The number of aromatic carboxylic acids is 1. The van der Waals surface area contributed by atoms with E-state index in [0.29, 0.717) is 0 Å². The SMILES string of the molecule is CCC1CCN(Cc2cc(C(=O)O)oc2C)CC1. The van der Waals surface area contributed by atoms with Crippen LogP contribution in [0.25, 0.3) is 0 Å². The molecule has 0 radical (unpaired) electrons. The van der Waals surface area contributed by atoms with Gasteiger partial charge in [0.2, 0.25) is 5.76 Å². The summed E-state index contributed by atoms with van der Waals surface area (Å²) < 4.78 is 5.23. The standard InChI is InChI=1S/C14H21NO3/c1-3-11-4-6-15(7-5-11)9-12-8-13(14(16)17)18-10(12)2/h8,11H,3-7,9H2,1-2H3,(H,16,17). The van der Waals surface area contributed by atoms with Gasteiger partial charge in [0.15, 0.2) is 0 Å². The minimum Gasteiger partial charge on any atom is -0.475 e. The second-order valence-electron chi connectivity index (χ2n) is 5.12. The number of aryl methyl sites for hydroxylation is 1. The lowest BCUT2D eigenvalue weighted by atomic mass is 9.94. The molecule has 2 heterocycles. The Hall–Kier alpha value is -1.29. The van der Waals surface area contributed by atoms with Crippen molar-refractivity contribution in [3.8, 4) is 0 Å². The van der Waals surface area contributed by atoms with Crippen molar-refractivity contribution in [2.45, 2.75) is 39.7 Å². The summed E-state index contributed by atoms with van der Waals surface area (Å²) in [7, 11) is 0. The smallest absolute Gasteiger partial charge is 0.371 e. The predicted molar refractivity (Wildman–Crippen MR) is 68.7 cm³/mol. The second-order valence-corrected chi connectivity index (χ2v) is 5.12. The van der Waals surface area contributed by atoms with Crippen LogP contribution in [0, 0.1) is 12.8 Å². The Bertz CT molecular complexity index is 417. The first-order chi connectivity index (χ1) is 8.60. The maximum atomic E-state index is 10.8. The molecule has 0 aromatic carbocycles. The maximum Gasteiger partial charge on any atom is 0.371 e.